The van der Waals surface area contributed by atoms with E-state index < -0.39 is 0 Å². The first kappa shape index (κ1) is 21.6. The summed E-state index contributed by atoms with van der Waals surface area (Å²) in [5.41, 5.74) is 2.90. The third-order valence-corrected chi connectivity index (χ3v) is 5.39. The van der Waals surface area contributed by atoms with E-state index >= 15 is 0 Å². The Balaban J connectivity index is 0.000000300. The summed E-state index contributed by atoms with van der Waals surface area (Å²) in [6.45, 7) is 2.97. The first-order valence-electron chi connectivity index (χ1n) is 10.6. The monoisotopic (exact) mass is 435 g/mol. The summed E-state index contributed by atoms with van der Waals surface area (Å²) in [4.78, 5) is 14.4. The molecule has 0 radical (unpaired) electrons. The van der Waals surface area contributed by atoms with Gasteiger partial charge >= 0.3 is 0 Å². The van der Waals surface area contributed by atoms with Gasteiger partial charge in [0.15, 0.2) is 0 Å². The minimum Gasteiger partial charge on any atom is -0.508 e. The van der Waals surface area contributed by atoms with Crippen LogP contribution in [0.4, 0.5) is 15.8 Å². The van der Waals surface area contributed by atoms with Crippen LogP contribution in [-0.2, 0) is 11.4 Å². The molecule has 6 nitrogen and oxygen atoms in total. The van der Waals surface area contributed by atoms with Gasteiger partial charge in [0, 0.05) is 26.1 Å². The van der Waals surface area contributed by atoms with Crippen LogP contribution in [0.3, 0.4) is 0 Å². The maximum atomic E-state index is 13.0. The smallest absolute Gasteiger partial charge is 0.226 e. The van der Waals surface area contributed by atoms with Gasteiger partial charge in [-0.1, -0.05) is 24.3 Å². The molecular formula is C25H26FN3O3. The van der Waals surface area contributed by atoms with E-state index in [4.69, 9.17) is 9.84 Å². The molecule has 0 saturated carbocycles. The molecule has 3 aromatic rings. The normalized spacial score (nSPS) is 17.1. The third-order valence-electron chi connectivity index (χ3n) is 5.39. The fraction of sp³-hybridized carbons (Fsp3) is 0.240. The number of aromatic hydroxyl groups is 1. The number of rotatable bonds is 3. The molecule has 1 fully saturated rings. The Labute approximate surface area is 186 Å². The third kappa shape index (κ3) is 5.56. The summed E-state index contributed by atoms with van der Waals surface area (Å²) in [6.07, 6.45) is 0.489. The molecule has 1 saturated heterocycles. The van der Waals surface area contributed by atoms with Gasteiger partial charge in [-0.3, -0.25) is 4.79 Å². The van der Waals surface area contributed by atoms with Gasteiger partial charge in [0.25, 0.3) is 0 Å². The van der Waals surface area contributed by atoms with Crippen LogP contribution in [0.2, 0.25) is 0 Å². The second-order valence-electron chi connectivity index (χ2n) is 7.73. The number of para-hydroxylation sites is 1. The molecule has 32 heavy (non-hydrogen) atoms. The minimum absolute atomic E-state index is 0.0489. The van der Waals surface area contributed by atoms with Crippen molar-refractivity contribution in [3.63, 3.8) is 0 Å². The Morgan fingerprint density at radius 2 is 1.84 bits per heavy atom. The van der Waals surface area contributed by atoms with Crippen LogP contribution in [0, 0.1) is 5.82 Å². The minimum atomic E-state index is -0.280. The van der Waals surface area contributed by atoms with Crippen LogP contribution in [0.15, 0.2) is 72.8 Å². The number of ether oxygens (including phenoxy) is 1. The molecule has 0 bridgehead atoms. The van der Waals surface area contributed by atoms with E-state index in [1.54, 1.807) is 36.4 Å². The molecule has 1 atom stereocenters. The largest absolute Gasteiger partial charge is 0.508 e. The van der Waals surface area contributed by atoms with Crippen LogP contribution < -0.4 is 20.3 Å². The number of nitrogens with zero attached hydrogens (tertiary/aromatic N) is 1. The molecule has 7 heteroatoms. The molecule has 3 N–H and O–H groups in total. The van der Waals surface area contributed by atoms with E-state index in [0.29, 0.717) is 24.5 Å². The standard InChI is InChI=1S/C19H20FN3O2.C6H6O/c20-14-2-4-16(5-3-14)25-12-13-1-6-17-18(9-13)23-8-7-21-11-15(23)10-19(24)22-17;7-6-4-2-1-3-5-6/h1-6,9,15,21H,7-8,10-12H2,(H,22,24);1-5,7H. The number of nitrogens with one attached hydrogen (secondary N) is 2. The zero-order chi connectivity index (χ0) is 22.3. The maximum Gasteiger partial charge on any atom is 0.226 e. The fourth-order valence-corrected chi connectivity index (χ4v) is 3.81. The summed E-state index contributed by atoms with van der Waals surface area (Å²) < 4.78 is 18.7. The van der Waals surface area contributed by atoms with Crippen molar-refractivity contribution in [3.8, 4) is 11.5 Å². The van der Waals surface area contributed by atoms with Crippen LogP contribution in [-0.4, -0.2) is 36.7 Å². The Hall–Kier alpha value is -3.58. The predicted molar refractivity (Wildman–Crippen MR) is 123 cm³/mol. The lowest BCUT2D eigenvalue weighted by Gasteiger charge is -2.36. The molecule has 1 unspecified atom stereocenters. The van der Waals surface area contributed by atoms with Crippen molar-refractivity contribution < 1.29 is 19.0 Å². The van der Waals surface area contributed by atoms with Gasteiger partial charge in [-0.25, -0.2) is 4.39 Å². The highest BCUT2D eigenvalue weighted by Gasteiger charge is 2.30. The predicted octanol–water partition coefficient (Wildman–Crippen LogP) is 3.92. The zero-order valence-corrected chi connectivity index (χ0v) is 17.6. The van der Waals surface area contributed by atoms with E-state index in [9.17, 15) is 9.18 Å². The number of carbonyl (C=O) groups excluding carboxylic acids is 1. The number of halogens is 1. The summed E-state index contributed by atoms with van der Waals surface area (Å²) >= 11 is 0. The number of hydrogen-bond acceptors (Lipinski definition) is 5. The maximum absolute atomic E-state index is 13.0. The van der Waals surface area contributed by atoms with Gasteiger partial charge in [-0.15, -0.1) is 0 Å². The molecule has 2 heterocycles. The second-order valence-corrected chi connectivity index (χ2v) is 7.73. The topological polar surface area (TPSA) is 73.8 Å². The highest BCUT2D eigenvalue weighted by atomic mass is 19.1. The van der Waals surface area contributed by atoms with Crippen molar-refractivity contribution in [1.82, 2.24) is 5.32 Å². The molecule has 0 spiro atoms. The van der Waals surface area contributed by atoms with Gasteiger partial charge in [-0.2, -0.15) is 0 Å². The zero-order valence-electron chi connectivity index (χ0n) is 17.6. The molecule has 0 aromatic heterocycles. The lowest BCUT2D eigenvalue weighted by atomic mass is 10.1. The SMILES string of the molecule is O=C1CC2CNCCN2c2cc(COc3ccc(F)cc3)ccc2N1.Oc1ccccc1. The van der Waals surface area contributed by atoms with Crippen molar-refractivity contribution in [2.75, 3.05) is 29.9 Å². The van der Waals surface area contributed by atoms with E-state index in [1.807, 2.05) is 18.2 Å². The van der Waals surface area contributed by atoms with E-state index in [2.05, 4.69) is 21.6 Å². The van der Waals surface area contributed by atoms with E-state index in [-0.39, 0.29) is 17.8 Å². The second kappa shape index (κ2) is 10.2. The van der Waals surface area contributed by atoms with Gasteiger partial charge in [0.2, 0.25) is 5.91 Å². The average molecular weight is 435 g/mol. The Kier molecular flexibility index (Phi) is 6.87. The highest BCUT2D eigenvalue weighted by Crippen LogP contribution is 2.33. The van der Waals surface area contributed by atoms with Gasteiger partial charge < -0.3 is 25.4 Å². The highest BCUT2D eigenvalue weighted by molar-refractivity contribution is 5.97. The number of piperazine rings is 1. The number of phenolic OH excluding ortho intramolecular Hbond substituents is 1. The Morgan fingerprint density at radius 3 is 2.56 bits per heavy atom. The Bertz CT molecular complexity index is 1040. The van der Waals surface area contributed by atoms with E-state index in [0.717, 1.165) is 36.6 Å². The number of benzene rings is 3. The summed E-state index contributed by atoms with van der Waals surface area (Å²) in [6, 6.07) is 20.8. The summed E-state index contributed by atoms with van der Waals surface area (Å²) in [5, 5.41) is 15.0. The number of phenols is 1. The van der Waals surface area contributed by atoms with E-state index in [1.165, 1.54) is 12.1 Å². The average Bonchev–Trinajstić information content (AvgIpc) is 2.95. The molecule has 0 aliphatic carbocycles. The summed E-state index contributed by atoms with van der Waals surface area (Å²) in [5.74, 6) is 0.720. The lowest BCUT2D eigenvalue weighted by Crippen LogP contribution is -2.51. The molecule has 2 aliphatic rings. The number of fused-ring (bicyclic) bond motifs is 3. The molecule has 166 valence electrons. The molecule has 5 rings (SSSR count). The lowest BCUT2D eigenvalue weighted by molar-refractivity contribution is -0.116. The first-order chi connectivity index (χ1) is 15.6. The Morgan fingerprint density at radius 1 is 1.06 bits per heavy atom. The molecule has 3 aromatic carbocycles. The van der Waals surface area contributed by atoms with Crippen molar-refractivity contribution in [2.24, 2.45) is 0 Å². The van der Waals surface area contributed by atoms with Crippen LogP contribution >= 0.6 is 0 Å². The number of carbonyl (C=O) groups is 1. The number of anilines is 2. The molecule has 2 aliphatic heterocycles. The van der Waals surface area contributed by atoms with Crippen LogP contribution in [0.5, 0.6) is 11.5 Å². The van der Waals surface area contributed by atoms with Gasteiger partial charge in [-0.05, 0) is 54.1 Å². The van der Waals surface area contributed by atoms with Crippen LogP contribution in [0.25, 0.3) is 0 Å². The first-order valence-corrected chi connectivity index (χ1v) is 10.6. The van der Waals surface area contributed by atoms with Crippen molar-refractivity contribution in [1.29, 1.82) is 0 Å². The molecule has 1 amide bonds. The van der Waals surface area contributed by atoms with Crippen molar-refractivity contribution in [2.45, 2.75) is 19.1 Å². The van der Waals surface area contributed by atoms with Crippen molar-refractivity contribution >= 4 is 17.3 Å². The summed E-state index contributed by atoms with van der Waals surface area (Å²) in [7, 11) is 0. The number of amides is 1. The quantitative estimate of drug-likeness (QED) is 0.582. The number of hydrogen-bond donors (Lipinski definition) is 3. The van der Waals surface area contributed by atoms with Gasteiger partial charge in [0.1, 0.15) is 23.9 Å². The van der Waals surface area contributed by atoms with Crippen LogP contribution in [0.1, 0.15) is 12.0 Å². The van der Waals surface area contributed by atoms with Gasteiger partial charge in [0.05, 0.1) is 17.4 Å². The fourth-order valence-electron chi connectivity index (χ4n) is 3.81. The molecular weight excluding hydrogens is 409 g/mol. The van der Waals surface area contributed by atoms with Crippen molar-refractivity contribution in [3.05, 3.63) is 84.2 Å².